The average Bonchev–Trinajstić information content (AvgIpc) is 2.68. The molecule has 0 aromatic heterocycles. The maximum absolute atomic E-state index is 13.0. The maximum Gasteiger partial charge on any atom is 0.331 e. The second-order valence-electron chi connectivity index (χ2n) is 7.17. The van der Waals surface area contributed by atoms with Crippen molar-refractivity contribution in [1.29, 1.82) is 0 Å². The van der Waals surface area contributed by atoms with Crippen LogP contribution in [0.5, 0.6) is 0 Å². The van der Waals surface area contributed by atoms with Crippen LogP contribution in [-0.4, -0.2) is 41.9 Å². The minimum Gasteiger partial charge on any atom is -0.371 e. The van der Waals surface area contributed by atoms with Crippen LogP contribution < -0.4 is 10.2 Å². The second-order valence-corrected chi connectivity index (χ2v) is 8.02. The van der Waals surface area contributed by atoms with Gasteiger partial charge in [0.2, 0.25) is 0 Å². The molecule has 1 aliphatic heterocycles. The lowest BCUT2D eigenvalue weighted by molar-refractivity contribution is -0.132. The van der Waals surface area contributed by atoms with Crippen molar-refractivity contribution in [2.45, 2.75) is 52.0 Å². The Morgan fingerprint density at radius 3 is 2.43 bits per heavy atom. The zero-order chi connectivity index (χ0) is 20.3. The predicted molar refractivity (Wildman–Crippen MR) is 113 cm³/mol. The number of nitrogens with one attached hydrogen (secondary N) is 1. The van der Waals surface area contributed by atoms with Crippen LogP contribution in [0.25, 0.3) is 6.08 Å². The quantitative estimate of drug-likeness (QED) is 0.544. The number of imide groups is 2. The van der Waals surface area contributed by atoms with E-state index in [0.29, 0.717) is 0 Å². The zero-order valence-electron chi connectivity index (χ0n) is 16.3. The Hall–Kier alpha value is -2.15. The van der Waals surface area contributed by atoms with Crippen molar-refractivity contribution in [3.05, 3.63) is 33.8 Å². The Morgan fingerprint density at radius 1 is 1.14 bits per heavy atom. The van der Waals surface area contributed by atoms with Gasteiger partial charge in [0.05, 0.1) is 5.69 Å². The van der Waals surface area contributed by atoms with Crippen molar-refractivity contribution in [2.24, 2.45) is 0 Å². The number of barbiturate groups is 1. The number of anilines is 1. The lowest BCUT2D eigenvalue weighted by atomic mass is 9.93. The van der Waals surface area contributed by atoms with E-state index in [-0.39, 0.29) is 11.6 Å². The number of carbonyl (C=O) groups is 3. The van der Waals surface area contributed by atoms with Gasteiger partial charge in [-0.25, -0.2) is 4.79 Å². The van der Waals surface area contributed by atoms with Crippen LogP contribution in [-0.2, 0) is 9.59 Å². The van der Waals surface area contributed by atoms with Crippen molar-refractivity contribution in [3.8, 4) is 0 Å². The van der Waals surface area contributed by atoms with Crippen LogP contribution in [0, 0.1) is 0 Å². The highest BCUT2D eigenvalue weighted by molar-refractivity contribution is 9.10. The van der Waals surface area contributed by atoms with Crippen molar-refractivity contribution in [1.82, 2.24) is 10.2 Å². The van der Waals surface area contributed by atoms with Crippen LogP contribution in [0.4, 0.5) is 10.5 Å². The Kier molecular flexibility index (Phi) is 6.54. The van der Waals surface area contributed by atoms with Crippen LogP contribution in [0.15, 0.2) is 28.2 Å². The van der Waals surface area contributed by atoms with E-state index < -0.39 is 17.8 Å². The standard InChI is InChI=1S/C21H26BrN3O3/c1-3-24(4-2)18-11-10-14(13-17(18)22)12-16-19(26)23-21(28)25(20(16)27)15-8-6-5-7-9-15/h10-13,15H,3-9H2,1-2H3,(H,23,26,28). The van der Waals surface area contributed by atoms with Gasteiger partial charge in [-0.1, -0.05) is 25.3 Å². The van der Waals surface area contributed by atoms with E-state index in [4.69, 9.17) is 0 Å². The van der Waals surface area contributed by atoms with E-state index in [1.807, 2.05) is 18.2 Å². The highest BCUT2D eigenvalue weighted by Gasteiger charge is 2.40. The smallest absolute Gasteiger partial charge is 0.331 e. The number of urea groups is 1. The van der Waals surface area contributed by atoms with Gasteiger partial charge in [-0.2, -0.15) is 0 Å². The molecule has 1 aromatic carbocycles. The van der Waals surface area contributed by atoms with Gasteiger partial charge < -0.3 is 4.90 Å². The van der Waals surface area contributed by atoms with E-state index in [0.717, 1.165) is 60.9 Å². The van der Waals surface area contributed by atoms with Crippen LogP contribution in [0.2, 0.25) is 0 Å². The molecule has 3 rings (SSSR count). The van der Waals surface area contributed by atoms with Crippen LogP contribution in [0.3, 0.4) is 0 Å². The molecule has 150 valence electrons. The summed E-state index contributed by atoms with van der Waals surface area (Å²) in [5.74, 6) is -1.13. The molecule has 28 heavy (non-hydrogen) atoms. The first-order valence-corrected chi connectivity index (χ1v) is 10.7. The molecule has 1 heterocycles. The van der Waals surface area contributed by atoms with E-state index in [2.05, 4.69) is 40.0 Å². The molecule has 2 aliphatic rings. The number of carbonyl (C=O) groups excluding carboxylic acids is 3. The Labute approximate surface area is 174 Å². The normalized spacial score (nSPS) is 19.9. The van der Waals surface area contributed by atoms with Gasteiger partial charge in [0.15, 0.2) is 0 Å². The summed E-state index contributed by atoms with van der Waals surface area (Å²) in [6.45, 7) is 5.95. The predicted octanol–water partition coefficient (Wildman–Crippen LogP) is 4.09. The minimum atomic E-state index is -0.633. The average molecular weight is 448 g/mol. The molecule has 1 aromatic rings. The molecule has 7 heteroatoms. The lowest BCUT2D eigenvalue weighted by Crippen LogP contribution is -2.58. The molecule has 0 unspecified atom stereocenters. The fraction of sp³-hybridized carbons (Fsp3) is 0.476. The van der Waals surface area contributed by atoms with Gasteiger partial charge >= 0.3 is 6.03 Å². The highest BCUT2D eigenvalue weighted by Crippen LogP contribution is 2.30. The van der Waals surface area contributed by atoms with Gasteiger partial charge in [0.1, 0.15) is 5.57 Å². The SMILES string of the molecule is CCN(CC)c1ccc(C=C2C(=O)NC(=O)N(C3CCCCC3)C2=O)cc1Br. The maximum atomic E-state index is 13.0. The monoisotopic (exact) mass is 447 g/mol. The molecule has 0 bridgehead atoms. The Balaban J connectivity index is 1.89. The van der Waals surface area contributed by atoms with E-state index in [1.165, 1.54) is 4.90 Å². The number of hydrogen-bond acceptors (Lipinski definition) is 4. The highest BCUT2D eigenvalue weighted by atomic mass is 79.9. The second kappa shape index (κ2) is 8.90. The third-order valence-corrected chi connectivity index (χ3v) is 6.09. The summed E-state index contributed by atoms with van der Waals surface area (Å²) in [7, 11) is 0. The molecule has 0 spiro atoms. The van der Waals surface area contributed by atoms with Crippen molar-refractivity contribution < 1.29 is 14.4 Å². The molecule has 4 amide bonds. The lowest BCUT2D eigenvalue weighted by Gasteiger charge is -2.35. The fourth-order valence-corrected chi connectivity index (χ4v) is 4.59. The first-order valence-electron chi connectivity index (χ1n) is 9.91. The third kappa shape index (κ3) is 4.14. The van der Waals surface area contributed by atoms with E-state index in [1.54, 1.807) is 6.08 Å². The summed E-state index contributed by atoms with van der Waals surface area (Å²) in [6, 6.07) is 5.01. The molecular formula is C21H26BrN3O3. The van der Waals surface area contributed by atoms with Gasteiger partial charge in [-0.3, -0.25) is 19.8 Å². The molecular weight excluding hydrogens is 422 g/mol. The number of rotatable bonds is 5. The number of nitrogens with zero attached hydrogens (tertiary/aromatic N) is 2. The van der Waals surface area contributed by atoms with Gasteiger partial charge in [0, 0.05) is 23.6 Å². The zero-order valence-corrected chi connectivity index (χ0v) is 17.9. The van der Waals surface area contributed by atoms with Crippen molar-refractivity contribution >= 4 is 45.5 Å². The van der Waals surface area contributed by atoms with Crippen molar-refractivity contribution in [2.75, 3.05) is 18.0 Å². The molecule has 1 aliphatic carbocycles. The molecule has 0 radical (unpaired) electrons. The van der Waals surface area contributed by atoms with Gasteiger partial charge in [0.25, 0.3) is 11.8 Å². The van der Waals surface area contributed by atoms with Crippen molar-refractivity contribution in [3.63, 3.8) is 0 Å². The molecule has 2 fully saturated rings. The first kappa shape index (κ1) is 20.6. The number of halogens is 1. The van der Waals surface area contributed by atoms with Crippen LogP contribution in [0.1, 0.15) is 51.5 Å². The minimum absolute atomic E-state index is 0.00710. The van der Waals surface area contributed by atoms with Crippen LogP contribution >= 0.6 is 15.9 Å². The molecule has 1 saturated heterocycles. The summed E-state index contributed by atoms with van der Waals surface area (Å²) in [6.07, 6.45) is 6.27. The first-order chi connectivity index (χ1) is 13.5. The summed E-state index contributed by atoms with van der Waals surface area (Å²) in [4.78, 5) is 41.0. The molecule has 1 N–H and O–H groups in total. The third-order valence-electron chi connectivity index (χ3n) is 5.46. The topological polar surface area (TPSA) is 69.7 Å². The summed E-state index contributed by atoms with van der Waals surface area (Å²) in [5.41, 5.74) is 1.80. The molecule has 1 saturated carbocycles. The van der Waals surface area contributed by atoms with Gasteiger partial charge in [-0.05, 0) is 66.4 Å². The number of benzene rings is 1. The Bertz CT molecular complexity index is 811. The summed E-state index contributed by atoms with van der Waals surface area (Å²) < 4.78 is 0.898. The summed E-state index contributed by atoms with van der Waals surface area (Å²) >= 11 is 3.59. The molecule has 0 atom stereocenters. The Morgan fingerprint density at radius 2 is 1.82 bits per heavy atom. The van der Waals surface area contributed by atoms with Gasteiger partial charge in [-0.15, -0.1) is 0 Å². The summed E-state index contributed by atoms with van der Waals surface area (Å²) in [5, 5.41) is 2.33. The molecule has 6 nitrogen and oxygen atoms in total. The van der Waals surface area contributed by atoms with E-state index >= 15 is 0 Å². The number of amides is 4. The van der Waals surface area contributed by atoms with E-state index in [9.17, 15) is 14.4 Å². The largest absolute Gasteiger partial charge is 0.371 e. The number of hydrogen-bond donors (Lipinski definition) is 1. The fourth-order valence-electron chi connectivity index (χ4n) is 3.94.